The Labute approximate surface area is 106 Å². The highest BCUT2D eigenvalue weighted by Gasteiger charge is 2.50. The molecule has 0 aromatic rings. The minimum absolute atomic E-state index is 0.0129. The summed E-state index contributed by atoms with van der Waals surface area (Å²) in [5.41, 5.74) is -0.242. The maximum Gasteiger partial charge on any atom is 0.312 e. The van der Waals surface area contributed by atoms with Crippen LogP contribution in [0.4, 0.5) is 0 Å². The molecular weight excluding hydrogens is 268 g/mol. The van der Waals surface area contributed by atoms with Crippen molar-refractivity contribution < 1.29 is 9.53 Å². The number of ether oxygens (including phenoxy) is 1. The maximum absolute atomic E-state index is 12.1. The summed E-state index contributed by atoms with van der Waals surface area (Å²) in [6, 6.07) is 0. The second-order valence-corrected chi connectivity index (χ2v) is 5.93. The van der Waals surface area contributed by atoms with Crippen LogP contribution in [0.5, 0.6) is 0 Å². The molecule has 16 heavy (non-hydrogen) atoms. The smallest absolute Gasteiger partial charge is 0.312 e. The van der Waals surface area contributed by atoms with E-state index in [-0.39, 0.29) is 11.4 Å². The molecular formula is C13H19BrO2. The van der Waals surface area contributed by atoms with Crippen LogP contribution in [0, 0.1) is 17.3 Å². The number of allylic oxidation sites excluding steroid dienone is 2. The average molecular weight is 287 g/mol. The van der Waals surface area contributed by atoms with E-state index in [0.29, 0.717) is 18.4 Å². The molecule has 3 heteroatoms. The van der Waals surface area contributed by atoms with Gasteiger partial charge < -0.3 is 4.74 Å². The zero-order valence-corrected chi connectivity index (χ0v) is 11.3. The van der Waals surface area contributed by atoms with Crippen LogP contribution in [0.2, 0.25) is 0 Å². The highest BCUT2D eigenvalue weighted by molar-refractivity contribution is 9.09. The number of hydrogen-bond acceptors (Lipinski definition) is 2. The minimum atomic E-state index is -0.242. The summed E-state index contributed by atoms with van der Waals surface area (Å²) < 4.78 is 5.39. The van der Waals surface area contributed by atoms with Crippen molar-refractivity contribution in [3.8, 4) is 0 Å². The van der Waals surface area contributed by atoms with E-state index in [1.807, 2.05) is 0 Å². The number of halogens is 1. The van der Waals surface area contributed by atoms with Gasteiger partial charge in [-0.05, 0) is 44.4 Å². The van der Waals surface area contributed by atoms with Gasteiger partial charge in [0.25, 0.3) is 0 Å². The molecule has 0 N–H and O–H groups in total. The molecule has 0 aromatic heterocycles. The van der Waals surface area contributed by atoms with Crippen LogP contribution in [0.3, 0.4) is 0 Å². The number of carbonyl (C=O) groups is 1. The van der Waals surface area contributed by atoms with Gasteiger partial charge in [-0.15, -0.1) is 0 Å². The summed E-state index contributed by atoms with van der Waals surface area (Å²) in [5, 5.41) is 0.981. The number of rotatable bonds is 5. The normalized spacial score (nSPS) is 35.6. The first-order chi connectivity index (χ1) is 7.66. The molecule has 0 saturated heterocycles. The molecule has 2 aliphatic rings. The Hall–Kier alpha value is -0.310. The molecule has 2 nitrogen and oxygen atoms in total. The fraction of sp³-hybridized carbons (Fsp3) is 0.769. The van der Waals surface area contributed by atoms with Gasteiger partial charge in [0.1, 0.15) is 0 Å². The monoisotopic (exact) mass is 286 g/mol. The Morgan fingerprint density at radius 2 is 2.31 bits per heavy atom. The highest BCUT2D eigenvalue weighted by atomic mass is 79.9. The summed E-state index contributed by atoms with van der Waals surface area (Å²) in [4.78, 5) is 12.1. The van der Waals surface area contributed by atoms with E-state index < -0.39 is 0 Å². The number of carbonyl (C=O) groups excluding carboxylic acids is 1. The van der Waals surface area contributed by atoms with Gasteiger partial charge >= 0.3 is 5.97 Å². The molecule has 3 atom stereocenters. The van der Waals surface area contributed by atoms with Crippen LogP contribution in [-0.2, 0) is 9.53 Å². The molecule has 0 radical (unpaired) electrons. The van der Waals surface area contributed by atoms with E-state index in [0.717, 1.165) is 31.0 Å². The summed E-state index contributed by atoms with van der Waals surface area (Å²) in [6.07, 6.45) is 8.60. The van der Waals surface area contributed by atoms with Crippen molar-refractivity contribution in [2.24, 2.45) is 17.3 Å². The third kappa shape index (κ3) is 2.20. The molecule has 2 aliphatic carbocycles. The van der Waals surface area contributed by atoms with E-state index in [1.54, 1.807) is 0 Å². The molecule has 1 saturated carbocycles. The van der Waals surface area contributed by atoms with Gasteiger partial charge in [0.2, 0.25) is 0 Å². The molecule has 0 aliphatic heterocycles. The van der Waals surface area contributed by atoms with Crippen molar-refractivity contribution in [1.82, 2.24) is 0 Å². The second kappa shape index (κ2) is 4.91. The fourth-order valence-corrected chi connectivity index (χ4v) is 3.25. The lowest BCUT2D eigenvalue weighted by Crippen LogP contribution is -2.34. The molecule has 0 aromatic carbocycles. The molecule has 90 valence electrons. The van der Waals surface area contributed by atoms with Crippen LogP contribution in [0.1, 0.15) is 32.6 Å². The second-order valence-electron chi connectivity index (χ2n) is 5.14. The van der Waals surface area contributed by atoms with E-state index in [9.17, 15) is 4.79 Å². The average Bonchev–Trinajstić information content (AvgIpc) is 2.84. The Bertz CT molecular complexity index is 300. The van der Waals surface area contributed by atoms with Crippen molar-refractivity contribution in [3.05, 3.63) is 12.2 Å². The lowest BCUT2D eigenvalue weighted by molar-refractivity contribution is -0.156. The van der Waals surface area contributed by atoms with Gasteiger partial charge in [-0.2, -0.15) is 0 Å². The van der Waals surface area contributed by atoms with Crippen LogP contribution < -0.4 is 0 Å². The largest absolute Gasteiger partial charge is 0.465 e. The fourth-order valence-electron chi connectivity index (χ4n) is 2.86. The van der Waals surface area contributed by atoms with Gasteiger partial charge in [0.05, 0.1) is 12.0 Å². The zero-order chi connectivity index (χ0) is 11.6. The Morgan fingerprint density at radius 1 is 1.50 bits per heavy atom. The molecule has 1 fully saturated rings. The van der Waals surface area contributed by atoms with Gasteiger partial charge in [0.15, 0.2) is 0 Å². The third-order valence-electron chi connectivity index (χ3n) is 3.90. The van der Waals surface area contributed by atoms with Crippen LogP contribution in [0.15, 0.2) is 12.2 Å². The predicted molar refractivity (Wildman–Crippen MR) is 67.4 cm³/mol. The number of unbranched alkanes of at least 4 members (excludes halogenated alkanes) is 1. The Morgan fingerprint density at radius 3 is 2.88 bits per heavy atom. The molecule has 0 unspecified atom stereocenters. The summed E-state index contributed by atoms with van der Waals surface area (Å²) in [5.74, 6) is 1.05. The number of alkyl halides is 1. The van der Waals surface area contributed by atoms with E-state index in [4.69, 9.17) is 4.74 Å². The van der Waals surface area contributed by atoms with Crippen molar-refractivity contribution in [2.75, 3.05) is 11.9 Å². The van der Waals surface area contributed by atoms with Crippen molar-refractivity contribution in [1.29, 1.82) is 0 Å². The molecule has 0 amide bonds. The maximum atomic E-state index is 12.1. The first-order valence-electron chi connectivity index (χ1n) is 6.08. The Balaban J connectivity index is 1.83. The van der Waals surface area contributed by atoms with Crippen LogP contribution in [-0.4, -0.2) is 17.9 Å². The van der Waals surface area contributed by atoms with Gasteiger partial charge in [-0.1, -0.05) is 28.1 Å². The summed E-state index contributed by atoms with van der Waals surface area (Å²) >= 11 is 3.37. The third-order valence-corrected chi connectivity index (χ3v) is 4.47. The highest BCUT2D eigenvalue weighted by Crippen LogP contribution is 2.52. The van der Waals surface area contributed by atoms with Crippen LogP contribution >= 0.6 is 15.9 Å². The standard InChI is InChI=1S/C13H19BrO2/c1-13(9-10-4-5-11(13)8-10)12(15)16-7-3-2-6-14/h4-5,10-11H,2-3,6-9H2,1H3/t10-,11-,13+/m0/s1. The predicted octanol–water partition coefficient (Wildman–Crippen LogP) is 3.31. The lowest BCUT2D eigenvalue weighted by Gasteiger charge is -2.28. The first kappa shape index (κ1) is 12.2. The van der Waals surface area contributed by atoms with Crippen LogP contribution in [0.25, 0.3) is 0 Å². The Kier molecular flexibility index (Phi) is 3.73. The zero-order valence-electron chi connectivity index (χ0n) is 9.75. The molecule has 2 bridgehead atoms. The van der Waals surface area contributed by atoms with Crippen molar-refractivity contribution in [3.63, 3.8) is 0 Å². The quantitative estimate of drug-likeness (QED) is 0.335. The molecule has 0 spiro atoms. The van der Waals surface area contributed by atoms with E-state index in [2.05, 4.69) is 35.0 Å². The van der Waals surface area contributed by atoms with Crippen molar-refractivity contribution >= 4 is 21.9 Å². The van der Waals surface area contributed by atoms with Crippen molar-refractivity contribution in [2.45, 2.75) is 32.6 Å². The molecule has 2 rings (SSSR count). The first-order valence-corrected chi connectivity index (χ1v) is 7.20. The van der Waals surface area contributed by atoms with E-state index in [1.165, 1.54) is 0 Å². The number of fused-ring (bicyclic) bond motifs is 2. The minimum Gasteiger partial charge on any atom is -0.465 e. The summed E-state index contributed by atoms with van der Waals surface area (Å²) in [7, 11) is 0. The number of hydrogen-bond donors (Lipinski definition) is 0. The SMILES string of the molecule is C[C@@]1(C(=O)OCCCCBr)C[C@H]2C=C[C@H]1C2. The summed E-state index contributed by atoms with van der Waals surface area (Å²) in [6.45, 7) is 2.63. The molecule has 0 heterocycles. The van der Waals surface area contributed by atoms with Gasteiger partial charge in [-0.25, -0.2) is 0 Å². The number of esters is 1. The van der Waals surface area contributed by atoms with Gasteiger partial charge in [0, 0.05) is 5.33 Å². The topological polar surface area (TPSA) is 26.3 Å². The van der Waals surface area contributed by atoms with Gasteiger partial charge in [-0.3, -0.25) is 4.79 Å². The lowest BCUT2D eigenvalue weighted by atomic mass is 9.78. The van der Waals surface area contributed by atoms with E-state index >= 15 is 0 Å².